The maximum Gasteiger partial charge on any atom is 0.252 e. The highest BCUT2D eigenvalue weighted by Crippen LogP contribution is 2.28. The molecule has 2 fully saturated rings. The molecule has 3 heterocycles. The van der Waals surface area contributed by atoms with Gasteiger partial charge in [-0.2, -0.15) is 4.31 Å². The predicted molar refractivity (Wildman–Crippen MR) is 92.9 cm³/mol. The first-order valence-corrected chi connectivity index (χ1v) is 10.7. The van der Waals surface area contributed by atoms with Crippen LogP contribution in [0.5, 0.6) is 0 Å². The highest BCUT2D eigenvalue weighted by atomic mass is 35.5. The summed E-state index contributed by atoms with van der Waals surface area (Å²) in [6, 6.07) is 3.13. The van der Waals surface area contributed by atoms with E-state index in [1.54, 1.807) is 11.0 Å². The van der Waals surface area contributed by atoms with E-state index in [4.69, 9.17) is 16.3 Å². The molecule has 9 heteroatoms. The van der Waals surface area contributed by atoms with Crippen molar-refractivity contribution in [2.45, 2.75) is 36.0 Å². The molecule has 0 radical (unpaired) electrons. The lowest BCUT2D eigenvalue weighted by atomic mass is 10.1. The average Bonchev–Trinajstić information content (AvgIpc) is 3.13. The summed E-state index contributed by atoms with van der Waals surface area (Å²) in [6.45, 7) is 2.47. The van der Waals surface area contributed by atoms with Crippen molar-refractivity contribution in [1.82, 2.24) is 9.21 Å². The second kappa shape index (κ2) is 7.70. The third-order valence-corrected chi connectivity index (χ3v) is 7.97. The van der Waals surface area contributed by atoms with E-state index < -0.39 is 10.0 Å². The maximum atomic E-state index is 12.7. The van der Waals surface area contributed by atoms with Crippen LogP contribution in [0.25, 0.3) is 0 Å². The van der Waals surface area contributed by atoms with Gasteiger partial charge in [0, 0.05) is 32.8 Å². The van der Waals surface area contributed by atoms with Crippen LogP contribution < -0.4 is 0 Å². The fourth-order valence-electron chi connectivity index (χ4n) is 3.08. The average molecular weight is 393 g/mol. The van der Waals surface area contributed by atoms with Crippen LogP contribution in [0.2, 0.25) is 4.34 Å². The van der Waals surface area contributed by atoms with Crippen LogP contribution in [-0.2, 0) is 19.6 Å². The van der Waals surface area contributed by atoms with E-state index in [9.17, 15) is 13.2 Å². The molecule has 3 rings (SSSR count). The van der Waals surface area contributed by atoms with Crippen LogP contribution in [0.15, 0.2) is 16.3 Å². The van der Waals surface area contributed by atoms with Gasteiger partial charge in [-0.1, -0.05) is 11.6 Å². The summed E-state index contributed by atoms with van der Waals surface area (Å²) in [5.41, 5.74) is 0. The van der Waals surface area contributed by atoms with Gasteiger partial charge < -0.3 is 9.64 Å². The van der Waals surface area contributed by atoms with Gasteiger partial charge in [0.25, 0.3) is 10.0 Å². The Kier molecular flexibility index (Phi) is 5.82. The Morgan fingerprint density at radius 2 is 2.08 bits per heavy atom. The Labute approximate surface area is 151 Å². The van der Waals surface area contributed by atoms with Crippen molar-refractivity contribution in [3.8, 4) is 0 Å². The summed E-state index contributed by atoms with van der Waals surface area (Å²) >= 11 is 6.92. The van der Waals surface area contributed by atoms with Crippen LogP contribution in [0.3, 0.4) is 0 Å². The van der Waals surface area contributed by atoms with Gasteiger partial charge in [-0.3, -0.25) is 4.79 Å². The molecule has 1 aromatic heterocycles. The van der Waals surface area contributed by atoms with Crippen LogP contribution in [0.4, 0.5) is 0 Å². The molecule has 0 aromatic carbocycles. The van der Waals surface area contributed by atoms with E-state index in [2.05, 4.69) is 0 Å². The summed E-state index contributed by atoms with van der Waals surface area (Å²) in [4.78, 5) is 14.2. The zero-order valence-corrected chi connectivity index (χ0v) is 15.7. The quantitative estimate of drug-likeness (QED) is 0.787. The van der Waals surface area contributed by atoms with Gasteiger partial charge in [-0.05, 0) is 31.4 Å². The van der Waals surface area contributed by atoms with Crippen LogP contribution in [0, 0.1) is 0 Å². The van der Waals surface area contributed by atoms with Crippen LogP contribution >= 0.6 is 22.9 Å². The van der Waals surface area contributed by atoms with Gasteiger partial charge >= 0.3 is 0 Å². The molecule has 2 aliphatic rings. The van der Waals surface area contributed by atoms with Gasteiger partial charge in [-0.15, -0.1) is 11.3 Å². The molecule has 0 aliphatic carbocycles. The molecule has 1 atom stereocenters. The van der Waals surface area contributed by atoms with E-state index in [0.29, 0.717) is 43.4 Å². The largest absolute Gasteiger partial charge is 0.378 e. The number of rotatable bonds is 4. The van der Waals surface area contributed by atoms with Gasteiger partial charge in [0.15, 0.2) is 0 Å². The molecular formula is C15H21ClN2O4S2. The van der Waals surface area contributed by atoms with Gasteiger partial charge in [0.05, 0.1) is 16.9 Å². The van der Waals surface area contributed by atoms with E-state index in [1.807, 2.05) is 0 Å². The number of hydrogen-bond acceptors (Lipinski definition) is 5. The van der Waals surface area contributed by atoms with Gasteiger partial charge in [0.1, 0.15) is 4.21 Å². The summed E-state index contributed by atoms with van der Waals surface area (Å²) < 4.78 is 33.0. The summed E-state index contributed by atoms with van der Waals surface area (Å²) in [5.74, 6) is 0.0558. The maximum absolute atomic E-state index is 12.7. The summed E-state index contributed by atoms with van der Waals surface area (Å²) in [6.07, 6.45) is 2.99. The third-order valence-electron chi connectivity index (χ3n) is 4.38. The zero-order valence-electron chi connectivity index (χ0n) is 13.3. The van der Waals surface area contributed by atoms with Crippen molar-refractivity contribution in [3.05, 3.63) is 16.5 Å². The molecule has 134 valence electrons. The third kappa shape index (κ3) is 4.11. The molecule has 6 nitrogen and oxygen atoms in total. The minimum Gasteiger partial charge on any atom is -0.378 e. The Balaban J connectivity index is 1.61. The number of thiophene rings is 1. The Bertz CT molecular complexity index is 685. The topological polar surface area (TPSA) is 66.9 Å². The van der Waals surface area contributed by atoms with Crippen molar-refractivity contribution in [1.29, 1.82) is 0 Å². The molecule has 0 unspecified atom stereocenters. The molecule has 2 saturated heterocycles. The Hall–Kier alpha value is -0.670. The normalized spacial score (nSPS) is 23.4. The van der Waals surface area contributed by atoms with Gasteiger partial charge in [0.2, 0.25) is 5.91 Å². The lowest BCUT2D eigenvalue weighted by molar-refractivity contribution is -0.133. The van der Waals surface area contributed by atoms with Gasteiger partial charge in [-0.25, -0.2) is 8.42 Å². The van der Waals surface area contributed by atoms with Crippen molar-refractivity contribution < 1.29 is 17.9 Å². The standard InChI is InChI=1S/C15H21ClN2O4S2/c16-13-4-5-15(23-13)24(20,21)18-7-2-6-17(8-9-18)14(19)11-12-3-1-10-22-12/h4-5,12H,1-3,6-11H2/t12-/m1/s1. The van der Waals surface area contributed by atoms with E-state index in [1.165, 1.54) is 10.4 Å². The number of carbonyl (C=O) groups is 1. The highest BCUT2D eigenvalue weighted by molar-refractivity contribution is 7.91. The number of nitrogens with zero attached hydrogens (tertiary/aromatic N) is 2. The molecule has 24 heavy (non-hydrogen) atoms. The molecule has 0 spiro atoms. The minimum absolute atomic E-state index is 0.0221. The zero-order chi connectivity index (χ0) is 17.2. The molecular weight excluding hydrogens is 372 g/mol. The molecule has 1 aromatic rings. The fraction of sp³-hybridized carbons (Fsp3) is 0.667. The number of ether oxygens (including phenoxy) is 1. The molecule has 0 saturated carbocycles. The van der Waals surface area contributed by atoms with E-state index in [0.717, 1.165) is 30.8 Å². The molecule has 2 aliphatic heterocycles. The second-order valence-electron chi connectivity index (χ2n) is 6.04. The lowest BCUT2D eigenvalue weighted by Gasteiger charge is -2.22. The monoisotopic (exact) mass is 392 g/mol. The number of halogens is 1. The minimum atomic E-state index is -3.53. The smallest absolute Gasteiger partial charge is 0.252 e. The Morgan fingerprint density at radius 1 is 1.25 bits per heavy atom. The van der Waals surface area contributed by atoms with Crippen molar-refractivity contribution >= 4 is 38.9 Å². The molecule has 1 amide bonds. The Morgan fingerprint density at radius 3 is 2.75 bits per heavy atom. The fourth-order valence-corrected chi connectivity index (χ4v) is 6.18. The SMILES string of the molecule is O=C(C[C@H]1CCCO1)N1CCCN(S(=O)(=O)c2ccc(Cl)s2)CC1. The number of amides is 1. The first-order valence-electron chi connectivity index (χ1n) is 8.12. The summed E-state index contributed by atoms with van der Waals surface area (Å²) in [7, 11) is -3.53. The second-order valence-corrected chi connectivity index (χ2v) is 9.92. The molecule has 0 bridgehead atoms. The number of hydrogen-bond donors (Lipinski definition) is 0. The first-order chi connectivity index (χ1) is 11.5. The van der Waals surface area contributed by atoms with Crippen LogP contribution in [0.1, 0.15) is 25.7 Å². The van der Waals surface area contributed by atoms with Crippen molar-refractivity contribution in [3.63, 3.8) is 0 Å². The summed E-state index contributed by atoms with van der Waals surface area (Å²) in [5, 5.41) is 0. The van der Waals surface area contributed by atoms with Crippen molar-refractivity contribution in [2.75, 3.05) is 32.8 Å². The molecule has 0 N–H and O–H groups in total. The number of carbonyl (C=O) groups excluding carboxylic acids is 1. The first kappa shape index (κ1) is 18.1. The lowest BCUT2D eigenvalue weighted by Crippen LogP contribution is -2.38. The number of sulfonamides is 1. The highest BCUT2D eigenvalue weighted by Gasteiger charge is 2.30. The predicted octanol–water partition coefficient (Wildman–Crippen LogP) is 2.19. The van der Waals surface area contributed by atoms with Crippen molar-refractivity contribution in [2.24, 2.45) is 0 Å². The van der Waals surface area contributed by atoms with E-state index in [-0.39, 0.29) is 16.2 Å². The van der Waals surface area contributed by atoms with E-state index >= 15 is 0 Å². The van der Waals surface area contributed by atoms with Crippen LogP contribution in [-0.4, -0.2) is 62.4 Å².